The molecule has 1 N–H and O–H groups in total. The predicted octanol–water partition coefficient (Wildman–Crippen LogP) is 2.54. The molecule has 1 saturated carbocycles. The van der Waals surface area contributed by atoms with E-state index in [-0.39, 0.29) is 0 Å². The number of aromatic nitrogens is 2. The third-order valence-electron chi connectivity index (χ3n) is 3.77. The van der Waals surface area contributed by atoms with Crippen LogP contribution in [0, 0.1) is 0 Å². The number of nitrogens with one attached hydrogen (secondary N) is 1. The van der Waals surface area contributed by atoms with Gasteiger partial charge in [0.15, 0.2) is 0 Å². The molecule has 0 bridgehead atoms. The van der Waals surface area contributed by atoms with Crippen LogP contribution in [0.4, 0.5) is 0 Å². The Morgan fingerprint density at radius 1 is 1.38 bits per heavy atom. The van der Waals surface area contributed by atoms with Crippen LogP contribution in [0.3, 0.4) is 0 Å². The standard InChI is InChI=1S/C13H23N3/c1-3-13-15-9-10-16(13)12-8-6-4-5-7-11(12)14-2/h9-12,14H,3-8H2,1-2H3. The summed E-state index contributed by atoms with van der Waals surface area (Å²) in [4.78, 5) is 4.44. The second kappa shape index (κ2) is 5.48. The van der Waals surface area contributed by atoms with Gasteiger partial charge >= 0.3 is 0 Å². The molecule has 0 saturated heterocycles. The van der Waals surface area contributed by atoms with Crippen LogP contribution in [0.2, 0.25) is 0 Å². The molecule has 2 rings (SSSR count). The number of aryl methyl sites for hydroxylation is 1. The van der Waals surface area contributed by atoms with E-state index in [2.05, 4.69) is 35.0 Å². The quantitative estimate of drug-likeness (QED) is 0.795. The van der Waals surface area contributed by atoms with Gasteiger partial charge in [0.2, 0.25) is 0 Å². The molecule has 1 aliphatic carbocycles. The van der Waals surface area contributed by atoms with Crippen LogP contribution in [0.15, 0.2) is 12.4 Å². The van der Waals surface area contributed by atoms with Crippen LogP contribution in [0.5, 0.6) is 0 Å². The molecule has 16 heavy (non-hydrogen) atoms. The van der Waals surface area contributed by atoms with Gasteiger partial charge in [0.25, 0.3) is 0 Å². The maximum atomic E-state index is 4.44. The van der Waals surface area contributed by atoms with Crippen molar-refractivity contribution in [2.75, 3.05) is 7.05 Å². The maximum absolute atomic E-state index is 4.44. The fourth-order valence-electron chi connectivity index (χ4n) is 2.88. The number of hydrogen-bond acceptors (Lipinski definition) is 2. The lowest BCUT2D eigenvalue weighted by Gasteiger charge is -2.27. The van der Waals surface area contributed by atoms with Crippen LogP contribution >= 0.6 is 0 Å². The minimum atomic E-state index is 0.602. The summed E-state index contributed by atoms with van der Waals surface area (Å²) in [5, 5.41) is 3.48. The molecule has 3 heteroatoms. The SMILES string of the molecule is CCc1nccn1C1CCCCCC1NC. The minimum Gasteiger partial charge on any atom is -0.330 e. The first-order valence-electron chi connectivity index (χ1n) is 6.55. The molecule has 1 fully saturated rings. The zero-order chi connectivity index (χ0) is 11.4. The molecule has 0 aromatic carbocycles. The zero-order valence-corrected chi connectivity index (χ0v) is 10.4. The van der Waals surface area contributed by atoms with Crippen molar-refractivity contribution < 1.29 is 0 Å². The van der Waals surface area contributed by atoms with Gasteiger partial charge in [-0.05, 0) is 19.9 Å². The molecule has 0 amide bonds. The average molecular weight is 221 g/mol. The van der Waals surface area contributed by atoms with Crippen molar-refractivity contribution in [2.45, 2.75) is 57.5 Å². The summed E-state index contributed by atoms with van der Waals surface area (Å²) in [6.45, 7) is 2.18. The van der Waals surface area contributed by atoms with Gasteiger partial charge in [-0.3, -0.25) is 0 Å². The molecule has 1 aromatic heterocycles. The van der Waals surface area contributed by atoms with Gasteiger partial charge in [-0.15, -0.1) is 0 Å². The molecule has 0 aliphatic heterocycles. The molecule has 1 aromatic rings. The van der Waals surface area contributed by atoms with Gasteiger partial charge in [0.05, 0.1) is 6.04 Å². The Morgan fingerprint density at radius 3 is 2.94 bits per heavy atom. The number of likely N-dealkylation sites (N-methyl/N-ethyl adjacent to an activating group) is 1. The Hall–Kier alpha value is -0.830. The third kappa shape index (κ3) is 2.29. The van der Waals surface area contributed by atoms with E-state index in [1.54, 1.807) is 0 Å². The van der Waals surface area contributed by atoms with Crippen molar-refractivity contribution in [3.8, 4) is 0 Å². The fourth-order valence-corrected chi connectivity index (χ4v) is 2.88. The number of nitrogens with zero attached hydrogens (tertiary/aromatic N) is 2. The van der Waals surface area contributed by atoms with Crippen LogP contribution in [-0.4, -0.2) is 22.6 Å². The van der Waals surface area contributed by atoms with Crippen molar-refractivity contribution in [1.29, 1.82) is 0 Å². The van der Waals surface area contributed by atoms with Crippen LogP contribution in [0.1, 0.15) is 50.9 Å². The second-order valence-corrected chi connectivity index (χ2v) is 4.70. The zero-order valence-electron chi connectivity index (χ0n) is 10.4. The van der Waals surface area contributed by atoms with Crippen LogP contribution in [0.25, 0.3) is 0 Å². The predicted molar refractivity (Wildman–Crippen MR) is 66.6 cm³/mol. The molecular weight excluding hydrogens is 198 g/mol. The highest BCUT2D eigenvalue weighted by Gasteiger charge is 2.24. The largest absolute Gasteiger partial charge is 0.330 e. The third-order valence-corrected chi connectivity index (χ3v) is 3.77. The first-order chi connectivity index (χ1) is 7.86. The molecular formula is C13H23N3. The summed E-state index contributed by atoms with van der Waals surface area (Å²) in [6, 6.07) is 1.21. The smallest absolute Gasteiger partial charge is 0.108 e. The Bertz CT molecular complexity index is 319. The van der Waals surface area contributed by atoms with Gasteiger partial charge < -0.3 is 9.88 Å². The summed E-state index contributed by atoms with van der Waals surface area (Å²) in [6.07, 6.45) is 11.8. The number of imidazole rings is 1. The van der Waals surface area contributed by atoms with Gasteiger partial charge in [-0.2, -0.15) is 0 Å². The first kappa shape index (κ1) is 11.6. The summed E-state index contributed by atoms with van der Waals surface area (Å²) >= 11 is 0. The van der Waals surface area contributed by atoms with Crippen molar-refractivity contribution in [3.63, 3.8) is 0 Å². The van der Waals surface area contributed by atoms with Gasteiger partial charge in [-0.1, -0.05) is 26.2 Å². The fraction of sp³-hybridized carbons (Fsp3) is 0.769. The van der Waals surface area contributed by atoms with E-state index in [1.807, 2.05) is 6.20 Å². The lowest BCUT2D eigenvalue weighted by atomic mass is 10.0. The van der Waals surface area contributed by atoms with E-state index < -0.39 is 0 Å². The molecule has 2 atom stereocenters. The first-order valence-corrected chi connectivity index (χ1v) is 6.55. The van der Waals surface area contributed by atoms with Crippen LogP contribution < -0.4 is 5.32 Å². The lowest BCUT2D eigenvalue weighted by Crippen LogP contribution is -2.34. The maximum Gasteiger partial charge on any atom is 0.108 e. The summed E-state index contributed by atoms with van der Waals surface area (Å²) < 4.78 is 2.40. The molecule has 0 radical (unpaired) electrons. The molecule has 2 unspecified atom stereocenters. The van der Waals surface area contributed by atoms with E-state index >= 15 is 0 Å². The number of hydrogen-bond donors (Lipinski definition) is 1. The number of rotatable bonds is 3. The molecule has 3 nitrogen and oxygen atoms in total. The van der Waals surface area contributed by atoms with E-state index in [9.17, 15) is 0 Å². The average Bonchev–Trinajstić information content (AvgIpc) is 2.66. The molecule has 1 heterocycles. The second-order valence-electron chi connectivity index (χ2n) is 4.70. The normalized spacial score (nSPS) is 26.6. The molecule has 1 aliphatic rings. The van der Waals surface area contributed by atoms with Crippen molar-refractivity contribution in [2.24, 2.45) is 0 Å². The van der Waals surface area contributed by atoms with Crippen molar-refractivity contribution >= 4 is 0 Å². The Morgan fingerprint density at radius 2 is 2.19 bits per heavy atom. The lowest BCUT2D eigenvalue weighted by molar-refractivity contribution is 0.340. The highest BCUT2D eigenvalue weighted by atomic mass is 15.1. The van der Waals surface area contributed by atoms with E-state index in [0.29, 0.717) is 12.1 Å². The Balaban J connectivity index is 2.21. The van der Waals surface area contributed by atoms with E-state index in [4.69, 9.17) is 0 Å². The van der Waals surface area contributed by atoms with Crippen molar-refractivity contribution in [3.05, 3.63) is 18.2 Å². The van der Waals surface area contributed by atoms with E-state index in [0.717, 1.165) is 6.42 Å². The van der Waals surface area contributed by atoms with Crippen LogP contribution in [-0.2, 0) is 6.42 Å². The monoisotopic (exact) mass is 221 g/mol. The summed E-state index contributed by atoms with van der Waals surface area (Å²) in [5.74, 6) is 1.23. The molecule has 90 valence electrons. The highest BCUT2D eigenvalue weighted by molar-refractivity contribution is 4.98. The topological polar surface area (TPSA) is 29.9 Å². The van der Waals surface area contributed by atoms with Crippen molar-refractivity contribution in [1.82, 2.24) is 14.9 Å². The Kier molecular flexibility index (Phi) is 3.99. The van der Waals surface area contributed by atoms with Gasteiger partial charge in [0.1, 0.15) is 5.82 Å². The Labute approximate surface area is 98.3 Å². The summed E-state index contributed by atoms with van der Waals surface area (Å²) in [7, 11) is 2.09. The molecule has 0 spiro atoms. The van der Waals surface area contributed by atoms with Gasteiger partial charge in [0, 0.05) is 24.9 Å². The van der Waals surface area contributed by atoms with Gasteiger partial charge in [-0.25, -0.2) is 4.98 Å². The van der Waals surface area contributed by atoms with E-state index in [1.165, 1.54) is 37.9 Å². The summed E-state index contributed by atoms with van der Waals surface area (Å²) in [5.41, 5.74) is 0. The highest BCUT2D eigenvalue weighted by Crippen LogP contribution is 2.28. The minimum absolute atomic E-state index is 0.602.